The van der Waals surface area contributed by atoms with Crippen LogP contribution in [-0.4, -0.2) is 46.5 Å². The van der Waals surface area contributed by atoms with Crippen LogP contribution in [0.4, 0.5) is 0 Å². The molecule has 0 fully saturated rings. The van der Waals surface area contributed by atoms with Crippen molar-refractivity contribution >= 4 is 5.91 Å². The van der Waals surface area contributed by atoms with Crippen molar-refractivity contribution in [1.29, 1.82) is 0 Å². The molecule has 0 aliphatic rings. The lowest BCUT2D eigenvalue weighted by Crippen LogP contribution is -2.24. The lowest BCUT2D eigenvalue weighted by molar-refractivity contribution is 0.0949. The van der Waals surface area contributed by atoms with Crippen LogP contribution in [0.3, 0.4) is 0 Å². The van der Waals surface area contributed by atoms with Crippen LogP contribution in [0.15, 0.2) is 17.0 Å². The van der Waals surface area contributed by atoms with Crippen LogP contribution in [0.2, 0.25) is 0 Å². The van der Waals surface area contributed by atoms with Crippen LogP contribution >= 0.6 is 0 Å². The molecule has 3 aromatic rings. The van der Waals surface area contributed by atoms with Crippen molar-refractivity contribution in [3.63, 3.8) is 0 Å². The minimum atomic E-state index is -0.348. The number of nitrogens with one attached hydrogen (secondary N) is 2. The Kier molecular flexibility index (Phi) is 4.08. The molecular formula is C12H15N9O2. The number of tetrazole rings is 1. The van der Waals surface area contributed by atoms with Crippen molar-refractivity contribution in [3.8, 4) is 5.82 Å². The van der Waals surface area contributed by atoms with Gasteiger partial charge in [-0.05, 0) is 16.3 Å². The van der Waals surface area contributed by atoms with Gasteiger partial charge in [-0.3, -0.25) is 9.89 Å². The number of hydrogen-bond donors (Lipinski definition) is 2. The van der Waals surface area contributed by atoms with E-state index in [0.717, 1.165) is 0 Å². The number of aromatic nitrogens is 8. The number of amides is 1. The van der Waals surface area contributed by atoms with Gasteiger partial charge in [0.2, 0.25) is 5.89 Å². The first-order chi connectivity index (χ1) is 11.1. The predicted octanol–water partition coefficient (Wildman–Crippen LogP) is -0.103. The van der Waals surface area contributed by atoms with Crippen LogP contribution in [-0.2, 0) is 13.0 Å². The average molecular weight is 317 g/mol. The molecule has 0 aliphatic heterocycles. The normalized spacial score (nSPS) is 11.1. The highest BCUT2D eigenvalue weighted by Gasteiger charge is 2.17. The van der Waals surface area contributed by atoms with E-state index in [9.17, 15) is 4.79 Å². The highest BCUT2D eigenvalue weighted by Crippen LogP contribution is 2.09. The highest BCUT2D eigenvalue weighted by atomic mass is 16.5. The molecule has 11 heteroatoms. The van der Waals surface area contributed by atoms with E-state index >= 15 is 0 Å². The average Bonchev–Trinajstić information content (AvgIpc) is 3.24. The number of nitrogens with zero attached hydrogens (tertiary/aromatic N) is 7. The first-order valence-corrected chi connectivity index (χ1v) is 7.00. The predicted molar refractivity (Wildman–Crippen MR) is 75.3 cm³/mol. The topological polar surface area (TPSA) is 140 Å². The van der Waals surface area contributed by atoms with Gasteiger partial charge in [0, 0.05) is 6.42 Å². The fourth-order valence-corrected chi connectivity index (χ4v) is 1.93. The Labute approximate surface area is 130 Å². The van der Waals surface area contributed by atoms with Crippen molar-refractivity contribution in [2.24, 2.45) is 5.92 Å². The molecule has 0 bridgehead atoms. The zero-order chi connectivity index (χ0) is 16.2. The molecule has 0 saturated heterocycles. The van der Waals surface area contributed by atoms with Gasteiger partial charge in [0.15, 0.2) is 11.6 Å². The van der Waals surface area contributed by atoms with Gasteiger partial charge in [-0.2, -0.15) is 14.8 Å². The summed E-state index contributed by atoms with van der Waals surface area (Å²) < 4.78 is 6.44. The molecule has 0 radical (unpaired) electrons. The van der Waals surface area contributed by atoms with Gasteiger partial charge < -0.3 is 9.84 Å². The lowest BCUT2D eigenvalue weighted by atomic mass is 10.1. The van der Waals surface area contributed by atoms with E-state index in [1.807, 2.05) is 0 Å². The van der Waals surface area contributed by atoms with E-state index in [1.165, 1.54) is 17.2 Å². The van der Waals surface area contributed by atoms with Gasteiger partial charge in [-0.15, -0.1) is 5.10 Å². The summed E-state index contributed by atoms with van der Waals surface area (Å²) in [7, 11) is 0. The molecule has 1 amide bonds. The smallest absolute Gasteiger partial charge is 0.257 e. The molecule has 0 unspecified atom stereocenters. The van der Waals surface area contributed by atoms with Crippen molar-refractivity contribution < 1.29 is 9.32 Å². The summed E-state index contributed by atoms with van der Waals surface area (Å²) in [6, 6.07) is 0. The molecule has 11 nitrogen and oxygen atoms in total. The minimum Gasteiger partial charge on any atom is -0.344 e. The first kappa shape index (κ1) is 14.8. The minimum absolute atomic E-state index is 0.153. The van der Waals surface area contributed by atoms with Gasteiger partial charge >= 0.3 is 0 Å². The molecule has 3 aromatic heterocycles. The fourth-order valence-electron chi connectivity index (χ4n) is 1.93. The summed E-state index contributed by atoms with van der Waals surface area (Å²) in [5.74, 6) is 1.42. The zero-order valence-electron chi connectivity index (χ0n) is 12.6. The molecule has 0 atom stereocenters. The van der Waals surface area contributed by atoms with Gasteiger partial charge in [0.25, 0.3) is 5.91 Å². The van der Waals surface area contributed by atoms with Gasteiger partial charge in [0.1, 0.15) is 11.9 Å². The molecule has 0 saturated carbocycles. The summed E-state index contributed by atoms with van der Waals surface area (Å²) in [6.45, 7) is 4.27. The van der Waals surface area contributed by atoms with Gasteiger partial charge in [-0.25, -0.2) is 0 Å². The summed E-state index contributed by atoms with van der Waals surface area (Å²) in [5.41, 5.74) is 0.309. The fraction of sp³-hybridized carbons (Fsp3) is 0.417. The largest absolute Gasteiger partial charge is 0.344 e. The van der Waals surface area contributed by atoms with E-state index in [2.05, 4.69) is 55.0 Å². The Hall–Kier alpha value is -3.11. The number of aromatic amines is 1. The van der Waals surface area contributed by atoms with Gasteiger partial charge in [0.05, 0.1) is 12.7 Å². The molecule has 0 aliphatic carbocycles. The molecule has 3 rings (SSSR count). The third-order valence-electron chi connectivity index (χ3n) is 2.94. The van der Waals surface area contributed by atoms with Crippen LogP contribution in [0.1, 0.15) is 35.9 Å². The zero-order valence-corrected chi connectivity index (χ0v) is 12.6. The van der Waals surface area contributed by atoms with Crippen molar-refractivity contribution in [2.45, 2.75) is 26.8 Å². The Bertz CT molecular complexity index is 774. The SMILES string of the molecule is CC(C)Cc1nc(CNC(=O)c2cn[nH]c2-n2cnnn2)no1. The molecule has 0 aromatic carbocycles. The van der Waals surface area contributed by atoms with Crippen LogP contribution in [0, 0.1) is 5.92 Å². The van der Waals surface area contributed by atoms with Crippen LogP contribution < -0.4 is 5.32 Å². The van der Waals surface area contributed by atoms with Crippen molar-refractivity contribution in [2.75, 3.05) is 0 Å². The van der Waals surface area contributed by atoms with Crippen LogP contribution in [0.5, 0.6) is 0 Å². The summed E-state index contributed by atoms with van der Waals surface area (Å²) in [5, 5.41) is 23.8. The monoisotopic (exact) mass is 317 g/mol. The molecule has 120 valence electrons. The maximum absolute atomic E-state index is 12.2. The second kappa shape index (κ2) is 6.34. The lowest BCUT2D eigenvalue weighted by Gasteiger charge is -2.02. The first-order valence-electron chi connectivity index (χ1n) is 7.00. The third kappa shape index (κ3) is 3.39. The Morgan fingerprint density at radius 3 is 3.09 bits per heavy atom. The maximum Gasteiger partial charge on any atom is 0.257 e. The highest BCUT2D eigenvalue weighted by molar-refractivity contribution is 5.96. The number of hydrogen-bond acceptors (Lipinski definition) is 8. The van der Waals surface area contributed by atoms with Crippen LogP contribution in [0.25, 0.3) is 5.82 Å². The maximum atomic E-state index is 12.2. The van der Waals surface area contributed by atoms with E-state index in [1.54, 1.807) is 0 Å². The Balaban J connectivity index is 1.64. The third-order valence-corrected chi connectivity index (χ3v) is 2.94. The van der Waals surface area contributed by atoms with Gasteiger partial charge in [-0.1, -0.05) is 19.0 Å². The Morgan fingerprint density at radius 1 is 1.48 bits per heavy atom. The summed E-state index contributed by atoms with van der Waals surface area (Å²) >= 11 is 0. The summed E-state index contributed by atoms with van der Waals surface area (Å²) in [4.78, 5) is 16.5. The number of carbonyl (C=O) groups excluding carboxylic acids is 1. The van der Waals surface area contributed by atoms with Crippen molar-refractivity contribution in [1.82, 2.24) is 45.9 Å². The second-order valence-electron chi connectivity index (χ2n) is 5.27. The molecular weight excluding hydrogens is 302 g/mol. The molecule has 23 heavy (non-hydrogen) atoms. The molecule has 3 heterocycles. The standard InChI is InChI=1S/C12H15N9O2/c1-7(2)3-10-16-9(18-23-10)5-13-12(22)8-4-14-17-11(8)21-6-15-19-20-21/h4,6-7H,3,5H2,1-2H3,(H,13,22)(H,14,17). The van der Waals surface area contributed by atoms with E-state index in [0.29, 0.717) is 35.4 Å². The molecule has 2 N–H and O–H groups in total. The second-order valence-corrected chi connectivity index (χ2v) is 5.27. The van der Waals surface area contributed by atoms with E-state index in [4.69, 9.17) is 4.52 Å². The Morgan fingerprint density at radius 2 is 2.35 bits per heavy atom. The van der Waals surface area contributed by atoms with E-state index in [-0.39, 0.29) is 12.5 Å². The van der Waals surface area contributed by atoms with Crippen molar-refractivity contribution in [3.05, 3.63) is 29.8 Å². The number of H-pyrrole nitrogens is 1. The number of carbonyl (C=O) groups is 1. The van der Waals surface area contributed by atoms with E-state index < -0.39 is 0 Å². The number of rotatable bonds is 6. The summed E-state index contributed by atoms with van der Waals surface area (Å²) in [6.07, 6.45) is 3.46. The quantitative estimate of drug-likeness (QED) is 0.642. The molecule has 0 spiro atoms.